The zero-order chi connectivity index (χ0) is 20.3. The first kappa shape index (κ1) is 24.5. The Morgan fingerprint density at radius 2 is 1.90 bits per heavy atom. The van der Waals surface area contributed by atoms with E-state index in [0.717, 1.165) is 69.9 Å². The van der Waals surface area contributed by atoms with Gasteiger partial charge >= 0.3 is 0 Å². The molecule has 0 spiro atoms. The summed E-state index contributed by atoms with van der Waals surface area (Å²) in [5.74, 6) is 1.84. The van der Waals surface area contributed by atoms with Crippen molar-refractivity contribution in [3.05, 3.63) is 54.5 Å². The van der Waals surface area contributed by atoms with E-state index in [1.165, 1.54) is 5.69 Å². The number of aliphatic hydroxyl groups is 1. The van der Waals surface area contributed by atoms with Crippen molar-refractivity contribution in [2.75, 3.05) is 31.6 Å². The molecule has 0 atom stereocenters. The third-order valence-electron chi connectivity index (χ3n) is 5.40. The van der Waals surface area contributed by atoms with E-state index in [2.05, 4.69) is 46.8 Å². The highest BCUT2D eigenvalue weighted by molar-refractivity contribution is 14.0. The zero-order valence-corrected chi connectivity index (χ0v) is 20.1. The van der Waals surface area contributed by atoms with Gasteiger partial charge in [0.25, 0.3) is 0 Å². The number of hydrogen-bond acceptors (Lipinski definition) is 4. The lowest BCUT2D eigenvalue weighted by Crippen LogP contribution is -2.46. The highest BCUT2D eigenvalue weighted by Gasteiger charge is 2.20. The van der Waals surface area contributed by atoms with E-state index in [4.69, 9.17) is 9.41 Å². The second-order valence-corrected chi connectivity index (χ2v) is 7.75. The molecule has 1 aliphatic carbocycles. The summed E-state index contributed by atoms with van der Waals surface area (Å²) in [4.78, 5) is 7.06. The Morgan fingerprint density at radius 1 is 1.13 bits per heavy atom. The molecule has 1 aromatic carbocycles. The predicted molar refractivity (Wildman–Crippen MR) is 134 cm³/mol. The molecule has 2 aromatic rings. The SMILES string of the molecule is CN(CCCN=C(NCCc1ccco1)NC1CCC(O)CC1)c1ccccc1.I. The van der Waals surface area contributed by atoms with Crippen molar-refractivity contribution in [2.45, 2.75) is 50.7 Å². The number of aliphatic hydroxyl groups excluding tert-OH is 1. The summed E-state index contributed by atoms with van der Waals surface area (Å²) >= 11 is 0. The van der Waals surface area contributed by atoms with Crippen LogP contribution in [0.25, 0.3) is 0 Å². The summed E-state index contributed by atoms with van der Waals surface area (Å²) in [6, 6.07) is 14.7. The molecule has 166 valence electrons. The van der Waals surface area contributed by atoms with Crippen LogP contribution in [0.5, 0.6) is 0 Å². The van der Waals surface area contributed by atoms with Crippen LogP contribution in [0.2, 0.25) is 0 Å². The number of rotatable bonds is 9. The number of halogens is 1. The molecule has 1 aromatic heterocycles. The van der Waals surface area contributed by atoms with E-state index in [1.807, 2.05) is 18.2 Å². The Balaban J connectivity index is 0.00000320. The molecule has 1 fully saturated rings. The minimum absolute atomic E-state index is 0. The lowest BCUT2D eigenvalue weighted by molar-refractivity contribution is 0.120. The van der Waals surface area contributed by atoms with E-state index in [9.17, 15) is 5.11 Å². The van der Waals surface area contributed by atoms with E-state index >= 15 is 0 Å². The maximum atomic E-state index is 9.74. The van der Waals surface area contributed by atoms with E-state index < -0.39 is 0 Å². The smallest absolute Gasteiger partial charge is 0.191 e. The maximum Gasteiger partial charge on any atom is 0.191 e. The number of nitrogens with one attached hydrogen (secondary N) is 2. The molecule has 7 heteroatoms. The highest BCUT2D eigenvalue weighted by atomic mass is 127. The van der Waals surface area contributed by atoms with Crippen molar-refractivity contribution >= 4 is 35.6 Å². The normalized spacial score (nSPS) is 19.1. The van der Waals surface area contributed by atoms with E-state index in [-0.39, 0.29) is 30.1 Å². The molecule has 1 saturated carbocycles. The van der Waals surface area contributed by atoms with Crippen molar-refractivity contribution in [3.8, 4) is 0 Å². The van der Waals surface area contributed by atoms with Gasteiger partial charge in [0.2, 0.25) is 0 Å². The van der Waals surface area contributed by atoms with Crippen LogP contribution in [0, 0.1) is 0 Å². The number of benzene rings is 1. The van der Waals surface area contributed by atoms with Gasteiger partial charge in [-0.25, -0.2) is 0 Å². The molecule has 6 nitrogen and oxygen atoms in total. The van der Waals surface area contributed by atoms with Crippen molar-refractivity contribution < 1.29 is 9.52 Å². The first-order valence-corrected chi connectivity index (χ1v) is 10.7. The fraction of sp³-hybridized carbons (Fsp3) is 0.522. The molecule has 3 rings (SSSR count). The van der Waals surface area contributed by atoms with Gasteiger partial charge in [0.15, 0.2) is 5.96 Å². The topological polar surface area (TPSA) is 73.0 Å². The Bertz CT molecular complexity index is 716. The van der Waals surface area contributed by atoms with Gasteiger partial charge in [-0.15, -0.1) is 24.0 Å². The van der Waals surface area contributed by atoms with Gasteiger partial charge in [-0.2, -0.15) is 0 Å². The van der Waals surface area contributed by atoms with Gasteiger partial charge < -0.3 is 25.1 Å². The van der Waals surface area contributed by atoms with Gasteiger partial charge in [-0.3, -0.25) is 4.99 Å². The van der Waals surface area contributed by atoms with Gasteiger partial charge in [-0.05, 0) is 56.4 Å². The second-order valence-electron chi connectivity index (χ2n) is 7.75. The fourth-order valence-corrected chi connectivity index (χ4v) is 3.64. The summed E-state index contributed by atoms with van der Waals surface area (Å²) in [5.41, 5.74) is 1.23. The number of nitrogens with zero attached hydrogens (tertiary/aromatic N) is 2. The molecule has 1 heterocycles. The summed E-state index contributed by atoms with van der Waals surface area (Å²) in [7, 11) is 2.12. The first-order valence-electron chi connectivity index (χ1n) is 10.7. The average molecular weight is 526 g/mol. The molecule has 0 amide bonds. The first-order chi connectivity index (χ1) is 14.2. The quantitative estimate of drug-likeness (QED) is 0.201. The second kappa shape index (κ2) is 13.5. The van der Waals surface area contributed by atoms with Crippen LogP contribution in [0.3, 0.4) is 0 Å². The molecule has 0 saturated heterocycles. The summed E-state index contributed by atoms with van der Waals surface area (Å²) in [5, 5.41) is 16.7. The molecular weight excluding hydrogens is 491 g/mol. The van der Waals surface area contributed by atoms with Gasteiger partial charge in [-0.1, -0.05) is 18.2 Å². The summed E-state index contributed by atoms with van der Waals surface area (Å²) in [6.45, 7) is 2.50. The number of anilines is 1. The van der Waals surface area contributed by atoms with Gasteiger partial charge in [0.1, 0.15) is 5.76 Å². The number of para-hydroxylation sites is 1. The van der Waals surface area contributed by atoms with Crippen LogP contribution in [0.1, 0.15) is 37.9 Å². The maximum absolute atomic E-state index is 9.74. The number of guanidine groups is 1. The van der Waals surface area contributed by atoms with Crippen molar-refractivity contribution in [2.24, 2.45) is 4.99 Å². The molecular formula is C23H35IN4O2. The van der Waals surface area contributed by atoms with Crippen molar-refractivity contribution in [1.29, 1.82) is 0 Å². The minimum Gasteiger partial charge on any atom is -0.469 e. The minimum atomic E-state index is -0.145. The van der Waals surface area contributed by atoms with Crippen molar-refractivity contribution in [3.63, 3.8) is 0 Å². The highest BCUT2D eigenvalue weighted by Crippen LogP contribution is 2.18. The van der Waals surface area contributed by atoms with Crippen molar-refractivity contribution in [1.82, 2.24) is 10.6 Å². The van der Waals surface area contributed by atoms with Crippen LogP contribution in [-0.2, 0) is 6.42 Å². The average Bonchev–Trinajstić information content (AvgIpc) is 3.26. The third kappa shape index (κ3) is 8.55. The standard InChI is InChI=1S/C23H34N4O2.HI/c1-27(20-7-3-2-4-8-20)17-6-15-24-23(25-16-14-22-9-5-18-29-22)26-19-10-12-21(28)13-11-19;/h2-5,7-9,18-19,21,28H,6,10-17H2,1H3,(H2,24,25,26);1H. The lowest BCUT2D eigenvalue weighted by atomic mass is 9.93. The lowest BCUT2D eigenvalue weighted by Gasteiger charge is -2.27. The predicted octanol–water partition coefficient (Wildman–Crippen LogP) is 3.81. The third-order valence-corrected chi connectivity index (χ3v) is 5.40. The summed E-state index contributed by atoms with van der Waals surface area (Å²) in [6.07, 6.45) is 7.06. The Labute approximate surface area is 197 Å². The molecule has 0 aliphatic heterocycles. The van der Waals surface area contributed by atoms with Crippen LogP contribution < -0.4 is 15.5 Å². The monoisotopic (exact) mass is 526 g/mol. The molecule has 1 aliphatic rings. The summed E-state index contributed by atoms with van der Waals surface area (Å²) < 4.78 is 5.41. The largest absolute Gasteiger partial charge is 0.469 e. The molecule has 3 N–H and O–H groups in total. The molecule has 0 bridgehead atoms. The fourth-order valence-electron chi connectivity index (χ4n) is 3.64. The van der Waals surface area contributed by atoms with E-state index in [1.54, 1.807) is 6.26 Å². The van der Waals surface area contributed by atoms with Crippen LogP contribution in [-0.4, -0.2) is 49.9 Å². The Kier molecular flexibility index (Phi) is 11.1. The van der Waals surface area contributed by atoms with Crippen LogP contribution in [0.15, 0.2) is 58.1 Å². The van der Waals surface area contributed by atoms with Gasteiger partial charge in [0, 0.05) is 44.8 Å². The van der Waals surface area contributed by atoms with E-state index in [0.29, 0.717) is 6.04 Å². The van der Waals surface area contributed by atoms with Gasteiger partial charge in [0.05, 0.1) is 12.4 Å². The Morgan fingerprint density at radius 3 is 2.60 bits per heavy atom. The van der Waals surface area contributed by atoms with Crippen LogP contribution >= 0.6 is 24.0 Å². The Hall–Kier alpha value is -1.74. The number of aliphatic imine (C=N–C) groups is 1. The number of hydrogen-bond donors (Lipinski definition) is 3. The van der Waals surface area contributed by atoms with Crippen LogP contribution in [0.4, 0.5) is 5.69 Å². The zero-order valence-electron chi connectivity index (χ0n) is 17.8. The number of furan rings is 1. The molecule has 0 radical (unpaired) electrons. The molecule has 30 heavy (non-hydrogen) atoms. The molecule has 0 unspecified atom stereocenters.